The van der Waals surface area contributed by atoms with Crippen LogP contribution in [0.3, 0.4) is 0 Å². The van der Waals surface area contributed by atoms with Crippen LogP contribution in [0.15, 0.2) is 30.3 Å². The van der Waals surface area contributed by atoms with Crippen LogP contribution < -0.4 is 5.32 Å². The zero-order valence-corrected chi connectivity index (χ0v) is 10.8. The number of ether oxygens (including phenoxy) is 1. The van der Waals surface area contributed by atoms with Gasteiger partial charge in [-0.1, -0.05) is 30.3 Å². The van der Waals surface area contributed by atoms with Crippen molar-refractivity contribution in [3.05, 3.63) is 35.9 Å². The Morgan fingerprint density at radius 1 is 1.32 bits per heavy atom. The number of carbonyl (C=O) groups is 2. The van der Waals surface area contributed by atoms with Gasteiger partial charge in [-0.05, 0) is 31.7 Å². The first-order valence-corrected chi connectivity index (χ1v) is 6.30. The lowest BCUT2D eigenvalue weighted by molar-refractivity contribution is -0.144. The first-order chi connectivity index (χ1) is 9.02. The number of hydrogen-bond acceptors (Lipinski definition) is 3. The van der Waals surface area contributed by atoms with E-state index < -0.39 is 17.6 Å². The minimum Gasteiger partial charge on any atom is -0.479 e. The van der Waals surface area contributed by atoms with Crippen LogP contribution >= 0.6 is 0 Å². The normalized spacial score (nSPS) is 17.9. The molecular formula is C14H17NO4. The topological polar surface area (TPSA) is 75.6 Å². The molecule has 5 heteroatoms. The van der Waals surface area contributed by atoms with E-state index >= 15 is 0 Å². The third-order valence-electron chi connectivity index (χ3n) is 3.46. The van der Waals surface area contributed by atoms with Crippen molar-refractivity contribution in [3.63, 3.8) is 0 Å². The number of rotatable bonds is 4. The fraction of sp³-hybridized carbons (Fsp3) is 0.429. The average molecular weight is 263 g/mol. The molecule has 0 spiro atoms. The molecule has 5 nitrogen and oxygen atoms in total. The van der Waals surface area contributed by atoms with Crippen LogP contribution in [-0.2, 0) is 15.1 Å². The number of aliphatic carboxylic acids is 1. The molecule has 1 fully saturated rings. The van der Waals surface area contributed by atoms with Gasteiger partial charge in [0.25, 0.3) is 0 Å². The molecule has 0 radical (unpaired) electrons. The van der Waals surface area contributed by atoms with Crippen LogP contribution in [0.1, 0.15) is 31.7 Å². The van der Waals surface area contributed by atoms with Crippen molar-refractivity contribution in [1.82, 2.24) is 5.32 Å². The van der Waals surface area contributed by atoms with Gasteiger partial charge in [0.15, 0.2) is 5.54 Å². The highest BCUT2D eigenvalue weighted by molar-refractivity contribution is 5.85. The number of hydrogen-bond donors (Lipinski definition) is 2. The smallest absolute Gasteiger partial charge is 0.408 e. The van der Waals surface area contributed by atoms with E-state index in [1.54, 1.807) is 30.3 Å². The standard InChI is InChI=1S/C14H17NO4/c1-14(12(16)17,10-6-3-2-4-7-10)15-13(18)19-11-8-5-9-11/h2-4,6-7,11H,5,8-9H2,1H3,(H,15,18)(H,16,17). The van der Waals surface area contributed by atoms with Gasteiger partial charge >= 0.3 is 12.1 Å². The van der Waals surface area contributed by atoms with Gasteiger partial charge in [0.1, 0.15) is 6.10 Å². The summed E-state index contributed by atoms with van der Waals surface area (Å²) in [5.41, 5.74) is -0.977. The molecule has 0 aliphatic heterocycles. The van der Waals surface area contributed by atoms with Crippen molar-refractivity contribution in [2.75, 3.05) is 0 Å². The Morgan fingerprint density at radius 2 is 1.95 bits per heavy atom. The minimum atomic E-state index is -1.48. The third-order valence-corrected chi connectivity index (χ3v) is 3.46. The summed E-state index contributed by atoms with van der Waals surface area (Å²) >= 11 is 0. The van der Waals surface area contributed by atoms with Gasteiger partial charge in [-0.3, -0.25) is 0 Å². The van der Waals surface area contributed by atoms with E-state index in [1.807, 2.05) is 0 Å². The van der Waals surface area contributed by atoms with Crippen LogP contribution in [0.25, 0.3) is 0 Å². The highest BCUT2D eigenvalue weighted by atomic mass is 16.6. The molecule has 2 rings (SSSR count). The van der Waals surface area contributed by atoms with Crippen LogP contribution in [-0.4, -0.2) is 23.3 Å². The summed E-state index contributed by atoms with van der Waals surface area (Å²) in [5, 5.41) is 11.8. The lowest BCUT2D eigenvalue weighted by Crippen LogP contribution is -2.50. The van der Waals surface area contributed by atoms with Gasteiger partial charge in [-0.25, -0.2) is 9.59 Å². The third kappa shape index (κ3) is 2.86. The number of alkyl carbamates (subject to hydrolysis) is 1. The summed E-state index contributed by atoms with van der Waals surface area (Å²) in [6.07, 6.45) is 1.99. The highest BCUT2D eigenvalue weighted by Gasteiger charge is 2.38. The second-order valence-corrected chi connectivity index (χ2v) is 4.88. The number of benzene rings is 1. The van der Waals surface area contributed by atoms with E-state index in [9.17, 15) is 14.7 Å². The second-order valence-electron chi connectivity index (χ2n) is 4.88. The molecule has 1 aromatic carbocycles. The molecule has 1 atom stereocenters. The molecule has 0 saturated heterocycles. The zero-order chi connectivity index (χ0) is 13.9. The van der Waals surface area contributed by atoms with Gasteiger partial charge in [0.05, 0.1) is 0 Å². The van der Waals surface area contributed by atoms with E-state index in [2.05, 4.69) is 5.32 Å². The fourth-order valence-corrected chi connectivity index (χ4v) is 1.89. The summed E-state index contributed by atoms with van der Waals surface area (Å²) < 4.78 is 5.14. The van der Waals surface area contributed by atoms with Gasteiger partial charge in [0.2, 0.25) is 0 Å². The van der Waals surface area contributed by atoms with Crippen molar-refractivity contribution in [2.45, 2.75) is 37.8 Å². The van der Waals surface area contributed by atoms with E-state index in [0.717, 1.165) is 19.3 Å². The first kappa shape index (κ1) is 13.4. The summed E-state index contributed by atoms with van der Waals surface area (Å²) in [6.45, 7) is 1.45. The molecule has 1 saturated carbocycles. The number of nitrogens with one attached hydrogen (secondary N) is 1. The number of amides is 1. The molecule has 1 aromatic rings. The number of carbonyl (C=O) groups excluding carboxylic acids is 1. The molecule has 102 valence electrons. The van der Waals surface area contributed by atoms with Crippen LogP contribution in [0, 0.1) is 0 Å². The zero-order valence-electron chi connectivity index (χ0n) is 10.8. The predicted molar refractivity (Wildman–Crippen MR) is 68.7 cm³/mol. The maximum Gasteiger partial charge on any atom is 0.408 e. The van der Waals surface area contributed by atoms with Crippen molar-refractivity contribution in [2.24, 2.45) is 0 Å². The fourth-order valence-electron chi connectivity index (χ4n) is 1.89. The van der Waals surface area contributed by atoms with Crippen LogP contribution in [0.2, 0.25) is 0 Å². The molecule has 0 aromatic heterocycles. The number of carboxylic acid groups (broad SMARTS) is 1. The van der Waals surface area contributed by atoms with Gasteiger partial charge in [-0.2, -0.15) is 0 Å². The van der Waals surface area contributed by atoms with E-state index in [1.165, 1.54) is 6.92 Å². The molecule has 1 amide bonds. The molecular weight excluding hydrogens is 246 g/mol. The lowest BCUT2D eigenvalue weighted by Gasteiger charge is -2.30. The second kappa shape index (κ2) is 5.30. The van der Waals surface area contributed by atoms with Gasteiger partial charge in [0, 0.05) is 0 Å². The Bertz CT molecular complexity index is 470. The minimum absolute atomic E-state index is 0.0752. The number of carboxylic acids is 1. The first-order valence-electron chi connectivity index (χ1n) is 6.30. The predicted octanol–water partition coefficient (Wildman–Crippen LogP) is 2.27. The Kier molecular flexibility index (Phi) is 3.74. The monoisotopic (exact) mass is 263 g/mol. The molecule has 1 aliphatic rings. The van der Waals surface area contributed by atoms with E-state index in [4.69, 9.17) is 4.74 Å². The highest BCUT2D eigenvalue weighted by Crippen LogP contribution is 2.24. The SMILES string of the molecule is CC(NC(=O)OC1CCC1)(C(=O)O)c1ccccc1. The van der Waals surface area contributed by atoms with Gasteiger partial charge < -0.3 is 15.2 Å². The molecule has 1 aliphatic carbocycles. The average Bonchev–Trinajstić information content (AvgIpc) is 2.34. The summed E-state index contributed by atoms with van der Waals surface area (Å²) in [7, 11) is 0. The summed E-state index contributed by atoms with van der Waals surface area (Å²) in [4.78, 5) is 23.2. The maximum atomic E-state index is 11.7. The Labute approximate surface area is 111 Å². The van der Waals surface area contributed by atoms with Crippen molar-refractivity contribution < 1.29 is 19.4 Å². The quantitative estimate of drug-likeness (QED) is 0.873. The molecule has 2 N–H and O–H groups in total. The largest absolute Gasteiger partial charge is 0.479 e. The molecule has 19 heavy (non-hydrogen) atoms. The molecule has 0 bridgehead atoms. The lowest BCUT2D eigenvalue weighted by atomic mass is 9.92. The van der Waals surface area contributed by atoms with Crippen molar-refractivity contribution in [3.8, 4) is 0 Å². The summed E-state index contributed by atoms with van der Waals surface area (Å²) in [5.74, 6) is -1.12. The molecule has 1 unspecified atom stereocenters. The van der Waals surface area contributed by atoms with Crippen molar-refractivity contribution >= 4 is 12.1 Å². The summed E-state index contributed by atoms with van der Waals surface area (Å²) in [6, 6.07) is 8.58. The Morgan fingerprint density at radius 3 is 2.42 bits per heavy atom. The van der Waals surface area contributed by atoms with E-state index in [0.29, 0.717) is 5.56 Å². The van der Waals surface area contributed by atoms with Crippen LogP contribution in [0.5, 0.6) is 0 Å². The van der Waals surface area contributed by atoms with E-state index in [-0.39, 0.29) is 6.10 Å². The molecule has 0 heterocycles. The Hall–Kier alpha value is -2.04. The van der Waals surface area contributed by atoms with Crippen molar-refractivity contribution in [1.29, 1.82) is 0 Å². The van der Waals surface area contributed by atoms with Gasteiger partial charge in [-0.15, -0.1) is 0 Å². The van der Waals surface area contributed by atoms with Crippen LogP contribution in [0.4, 0.5) is 4.79 Å². The Balaban J connectivity index is 2.11. The maximum absolute atomic E-state index is 11.7.